The second kappa shape index (κ2) is 8.62. The molecule has 2 amide bonds. The highest BCUT2D eigenvalue weighted by atomic mass is 32.1. The van der Waals surface area contributed by atoms with Crippen molar-refractivity contribution < 1.29 is 14.0 Å². The van der Waals surface area contributed by atoms with Crippen molar-refractivity contribution in [3.63, 3.8) is 0 Å². The number of anilines is 1. The number of carbonyl (C=O) groups is 2. The number of aromatic nitrogens is 1. The Morgan fingerprint density at radius 2 is 1.89 bits per heavy atom. The number of hydrazine groups is 1. The Hall–Kier alpha value is -3.26. The molecule has 3 aromatic rings. The van der Waals surface area contributed by atoms with Gasteiger partial charge in [-0.1, -0.05) is 18.2 Å². The number of carbonyl (C=O) groups excluding carboxylic acids is 2. The number of halogens is 1. The molecular weight excluding hydrogens is 379 g/mol. The van der Waals surface area contributed by atoms with E-state index in [1.165, 1.54) is 23.5 Å². The van der Waals surface area contributed by atoms with Crippen molar-refractivity contribution in [2.45, 2.75) is 6.42 Å². The summed E-state index contributed by atoms with van der Waals surface area (Å²) in [4.78, 5) is 30.5. The zero-order valence-corrected chi connectivity index (χ0v) is 16.2. The fourth-order valence-electron chi connectivity index (χ4n) is 2.47. The molecule has 28 heavy (non-hydrogen) atoms. The number of rotatable bonds is 5. The lowest BCUT2D eigenvalue weighted by molar-refractivity contribution is -0.121. The zero-order valence-electron chi connectivity index (χ0n) is 15.4. The molecule has 0 bridgehead atoms. The van der Waals surface area contributed by atoms with Crippen LogP contribution in [-0.2, 0) is 11.2 Å². The fraction of sp³-hybridized carbons (Fsp3) is 0.150. The van der Waals surface area contributed by atoms with Crippen LogP contribution in [0.3, 0.4) is 0 Å². The summed E-state index contributed by atoms with van der Waals surface area (Å²) in [6.45, 7) is 0. The summed E-state index contributed by atoms with van der Waals surface area (Å²) in [5.41, 5.74) is 7.31. The van der Waals surface area contributed by atoms with Crippen LogP contribution in [0.25, 0.3) is 10.6 Å². The van der Waals surface area contributed by atoms with Gasteiger partial charge in [-0.05, 0) is 30.3 Å². The lowest BCUT2D eigenvalue weighted by Gasteiger charge is -2.13. The van der Waals surface area contributed by atoms with Gasteiger partial charge in [0.1, 0.15) is 10.8 Å². The van der Waals surface area contributed by atoms with Crippen LogP contribution in [0.15, 0.2) is 53.9 Å². The van der Waals surface area contributed by atoms with Gasteiger partial charge in [0, 0.05) is 36.3 Å². The van der Waals surface area contributed by atoms with E-state index < -0.39 is 11.8 Å². The molecule has 0 saturated heterocycles. The number of benzene rings is 2. The minimum absolute atomic E-state index is 0.00380. The lowest BCUT2D eigenvalue weighted by Crippen LogP contribution is -2.42. The highest BCUT2D eigenvalue weighted by Gasteiger charge is 2.12. The third-order valence-electron chi connectivity index (χ3n) is 3.91. The van der Waals surface area contributed by atoms with E-state index in [0.29, 0.717) is 21.8 Å². The third kappa shape index (κ3) is 4.92. The number of amides is 2. The average molecular weight is 398 g/mol. The highest BCUT2D eigenvalue weighted by Crippen LogP contribution is 2.24. The molecule has 2 N–H and O–H groups in total. The molecule has 0 aliphatic rings. The van der Waals surface area contributed by atoms with E-state index in [4.69, 9.17) is 0 Å². The first-order chi connectivity index (χ1) is 13.4. The first kappa shape index (κ1) is 19.5. The minimum atomic E-state index is -0.407. The molecule has 8 heteroatoms. The van der Waals surface area contributed by atoms with Crippen LogP contribution in [0.1, 0.15) is 16.1 Å². The van der Waals surface area contributed by atoms with E-state index in [-0.39, 0.29) is 12.2 Å². The van der Waals surface area contributed by atoms with Gasteiger partial charge in [-0.3, -0.25) is 20.4 Å². The van der Waals surface area contributed by atoms with Crippen LogP contribution in [0.4, 0.5) is 10.1 Å². The second-order valence-corrected chi connectivity index (χ2v) is 7.14. The van der Waals surface area contributed by atoms with E-state index in [1.54, 1.807) is 35.7 Å². The van der Waals surface area contributed by atoms with Crippen LogP contribution >= 0.6 is 11.3 Å². The van der Waals surface area contributed by atoms with Crippen LogP contribution in [-0.4, -0.2) is 30.9 Å². The Bertz CT molecular complexity index is 1000. The van der Waals surface area contributed by atoms with Gasteiger partial charge in [-0.2, -0.15) is 0 Å². The van der Waals surface area contributed by atoms with E-state index in [0.717, 1.165) is 5.69 Å². The monoisotopic (exact) mass is 398 g/mol. The van der Waals surface area contributed by atoms with Gasteiger partial charge in [0.15, 0.2) is 0 Å². The summed E-state index contributed by atoms with van der Waals surface area (Å²) in [7, 11) is 3.76. The van der Waals surface area contributed by atoms with Gasteiger partial charge < -0.3 is 4.90 Å². The lowest BCUT2D eigenvalue weighted by atomic mass is 10.2. The molecule has 0 atom stereocenters. The van der Waals surface area contributed by atoms with Crippen molar-refractivity contribution in [1.82, 2.24) is 15.8 Å². The molecule has 144 valence electrons. The van der Waals surface area contributed by atoms with Gasteiger partial charge in [0.25, 0.3) is 5.91 Å². The van der Waals surface area contributed by atoms with Gasteiger partial charge in [0.05, 0.1) is 12.1 Å². The van der Waals surface area contributed by atoms with E-state index in [2.05, 4.69) is 15.8 Å². The SMILES string of the molecule is CN(C)c1cccc(C(=O)NNC(=O)Cc2csc(-c3cccc(F)c3)n2)c1. The molecule has 0 fully saturated rings. The Morgan fingerprint density at radius 3 is 2.64 bits per heavy atom. The van der Waals surface area contributed by atoms with Crippen LogP contribution in [0.2, 0.25) is 0 Å². The van der Waals surface area contributed by atoms with E-state index in [1.807, 2.05) is 25.1 Å². The number of thiazole rings is 1. The summed E-state index contributed by atoms with van der Waals surface area (Å²) >= 11 is 1.33. The van der Waals surface area contributed by atoms with Gasteiger partial charge >= 0.3 is 0 Å². The van der Waals surface area contributed by atoms with Crippen molar-refractivity contribution in [3.05, 3.63) is 71.0 Å². The summed E-state index contributed by atoms with van der Waals surface area (Å²) in [5, 5.41) is 2.37. The molecule has 1 aromatic heterocycles. The summed E-state index contributed by atoms with van der Waals surface area (Å²) in [6.07, 6.45) is 0.00380. The summed E-state index contributed by atoms with van der Waals surface area (Å²) < 4.78 is 13.3. The van der Waals surface area contributed by atoms with Crippen molar-refractivity contribution in [2.24, 2.45) is 0 Å². The van der Waals surface area contributed by atoms with Crippen LogP contribution < -0.4 is 15.8 Å². The maximum absolute atomic E-state index is 13.3. The third-order valence-corrected chi connectivity index (χ3v) is 4.85. The van der Waals surface area contributed by atoms with E-state index >= 15 is 0 Å². The quantitative estimate of drug-likeness (QED) is 0.648. The molecule has 2 aromatic carbocycles. The first-order valence-electron chi connectivity index (χ1n) is 8.49. The summed E-state index contributed by atoms with van der Waals surface area (Å²) in [5.74, 6) is -1.14. The van der Waals surface area contributed by atoms with Gasteiger partial charge in [0.2, 0.25) is 5.91 Å². The van der Waals surface area contributed by atoms with Crippen LogP contribution in [0.5, 0.6) is 0 Å². The summed E-state index contributed by atoms with van der Waals surface area (Å²) in [6, 6.07) is 13.2. The maximum atomic E-state index is 13.3. The van der Waals surface area contributed by atoms with Crippen LogP contribution in [0, 0.1) is 5.82 Å². The molecule has 0 radical (unpaired) electrons. The van der Waals surface area contributed by atoms with Crippen molar-refractivity contribution in [1.29, 1.82) is 0 Å². The molecule has 3 rings (SSSR count). The number of hydrogen-bond donors (Lipinski definition) is 2. The molecule has 1 heterocycles. The normalized spacial score (nSPS) is 10.4. The maximum Gasteiger partial charge on any atom is 0.269 e. The highest BCUT2D eigenvalue weighted by molar-refractivity contribution is 7.13. The Labute approximate surface area is 166 Å². The fourth-order valence-corrected chi connectivity index (χ4v) is 3.29. The zero-order chi connectivity index (χ0) is 20.1. The number of nitrogens with one attached hydrogen (secondary N) is 2. The second-order valence-electron chi connectivity index (χ2n) is 6.28. The Morgan fingerprint density at radius 1 is 1.11 bits per heavy atom. The predicted molar refractivity (Wildman–Crippen MR) is 108 cm³/mol. The molecule has 0 aliphatic heterocycles. The molecule has 0 saturated carbocycles. The van der Waals surface area contributed by atoms with Gasteiger partial charge in [-0.15, -0.1) is 11.3 Å². The van der Waals surface area contributed by atoms with Crippen molar-refractivity contribution in [3.8, 4) is 10.6 Å². The smallest absolute Gasteiger partial charge is 0.269 e. The average Bonchev–Trinajstić information content (AvgIpc) is 3.14. The number of nitrogens with zero attached hydrogens (tertiary/aromatic N) is 2. The minimum Gasteiger partial charge on any atom is -0.378 e. The number of hydrogen-bond acceptors (Lipinski definition) is 5. The molecule has 0 unspecified atom stereocenters. The van der Waals surface area contributed by atoms with Crippen molar-refractivity contribution >= 4 is 28.8 Å². The van der Waals surface area contributed by atoms with Crippen molar-refractivity contribution in [2.75, 3.05) is 19.0 Å². The topological polar surface area (TPSA) is 74.3 Å². The molecular formula is C20H19FN4O2S. The standard InChI is InChI=1S/C20H19FN4O2S/c1-25(2)17-8-4-5-13(10-17)19(27)24-23-18(26)11-16-12-28-20(22-16)14-6-3-7-15(21)9-14/h3-10,12H,11H2,1-2H3,(H,23,26)(H,24,27). The molecule has 0 aliphatic carbocycles. The largest absolute Gasteiger partial charge is 0.378 e. The molecule has 6 nitrogen and oxygen atoms in total. The Balaban J connectivity index is 1.56. The first-order valence-corrected chi connectivity index (χ1v) is 9.37. The molecule has 0 spiro atoms. The van der Waals surface area contributed by atoms with E-state index in [9.17, 15) is 14.0 Å². The predicted octanol–water partition coefficient (Wildman–Crippen LogP) is 3.02. The Kier molecular flexibility index (Phi) is 6.00. The van der Waals surface area contributed by atoms with Gasteiger partial charge in [-0.25, -0.2) is 9.37 Å².